The van der Waals surface area contributed by atoms with Gasteiger partial charge in [-0.15, -0.1) is 26.3 Å². The zero-order chi connectivity index (χ0) is 13.4. The fraction of sp³-hybridized carbons (Fsp3) is 0.222. The second-order valence-corrected chi connectivity index (χ2v) is 4.22. The van der Waals surface area contributed by atoms with Crippen molar-refractivity contribution >= 4 is 0 Å². The lowest BCUT2D eigenvalue weighted by molar-refractivity contribution is 1.04. The van der Waals surface area contributed by atoms with Crippen LogP contribution < -0.4 is 0 Å². The van der Waals surface area contributed by atoms with Crippen molar-refractivity contribution in [2.45, 2.75) is 25.7 Å². The highest BCUT2D eigenvalue weighted by Crippen LogP contribution is 2.23. The molecule has 1 aromatic rings. The first-order chi connectivity index (χ1) is 8.78. The Kier molecular flexibility index (Phi) is 5.93. The molecule has 0 bridgehead atoms. The van der Waals surface area contributed by atoms with Crippen molar-refractivity contribution < 1.29 is 0 Å². The molecule has 0 aliphatic carbocycles. The fourth-order valence-electron chi connectivity index (χ4n) is 2.18. The Bertz CT molecular complexity index is 406. The largest absolute Gasteiger partial charge is 0.103 e. The van der Waals surface area contributed by atoms with Crippen molar-refractivity contribution in [2.24, 2.45) is 0 Å². The molecule has 1 rings (SSSR count). The summed E-state index contributed by atoms with van der Waals surface area (Å²) in [5.41, 5.74) is 5.17. The van der Waals surface area contributed by atoms with Gasteiger partial charge in [0, 0.05) is 0 Å². The first-order valence-electron chi connectivity index (χ1n) is 6.26. The van der Waals surface area contributed by atoms with E-state index in [1.165, 1.54) is 22.3 Å². The van der Waals surface area contributed by atoms with E-state index in [4.69, 9.17) is 0 Å². The Morgan fingerprint density at radius 2 is 1.33 bits per heavy atom. The van der Waals surface area contributed by atoms with E-state index in [-0.39, 0.29) is 0 Å². The molecule has 0 saturated carbocycles. The average Bonchev–Trinajstić information content (AvgIpc) is 2.37. The van der Waals surface area contributed by atoms with Gasteiger partial charge in [0.2, 0.25) is 0 Å². The number of hydrogen-bond donors (Lipinski definition) is 0. The summed E-state index contributed by atoms with van der Waals surface area (Å²) in [6, 6.07) is 5.45. The molecule has 0 amide bonds. The van der Waals surface area contributed by atoms with E-state index in [2.05, 4.69) is 38.4 Å². The zero-order valence-electron chi connectivity index (χ0n) is 11.0. The van der Waals surface area contributed by atoms with Crippen LogP contribution in [-0.4, -0.2) is 0 Å². The fourth-order valence-corrected chi connectivity index (χ4v) is 2.18. The van der Waals surface area contributed by atoms with Crippen LogP contribution in [0.5, 0.6) is 0 Å². The van der Waals surface area contributed by atoms with Crippen LogP contribution in [-0.2, 0) is 25.7 Å². The van der Waals surface area contributed by atoms with Crippen molar-refractivity contribution in [3.63, 3.8) is 0 Å². The van der Waals surface area contributed by atoms with E-state index >= 15 is 0 Å². The highest BCUT2D eigenvalue weighted by atomic mass is 14.1. The summed E-state index contributed by atoms with van der Waals surface area (Å²) in [4.78, 5) is 0. The van der Waals surface area contributed by atoms with Gasteiger partial charge in [0.15, 0.2) is 0 Å². The third kappa shape index (κ3) is 3.33. The second-order valence-electron chi connectivity index (χ2n) is 4.22. The lowest BCUT2D eigenvalue weighted by Gasteiger charge is -2.15. The molecule has 1 aromatic carbocycles. The van der Waals surface area contributed by atoms with E-state index in [9.17, 15) is 0 Å². The number of hydrogen-bond acceptors (Lipinski definition) is 0. The van der Waals surface area contributed by atoms with Gasteiger partial charge in [0.05, 0.1) is 0 Å². The van der Waals surface area contributed by atoms with Gasteiger partial charge in [0.1, 0.15) is 0 Å². The quantitative estimate of drug-likeness (QED) is 0.588. The minimum atomic E-state index is 0.849. The Labute approximate surface area is 111 Å². The monoisotopic (exact) mass is 237 g/mol. The zero-order valence-corrected chi connectivity index (χ0v) is 11.0. The number of benzene rings is 1. The summed E-state index contributed by atoms with van der Waals surface area (Å²) in [5.74, 6) is 0. The first kappa shape index (κ1) is 14.2. The Morgan fingerprint density at radius 3 is 1.89 bits per heavy atom. The van der Waals surface area contributed by atoms with Crippen molar-refractivity contribution in [2.75, 3.05) is 0 Å². The van der Waals surface area contributed by atoms with Crippen LogP contribution in [0.4, 0.5) is 0 Å². The van der Waals surface area contributed by atoms with Crippen LogP contribution in [0, 0.1) is 6.07 Å². The predicted molar refractivity (Wildman–Crippen MR) is 80.9 cm³/mol. The van der Waals surface area contributed by atoms with E-state index in [0.29, 0.717) is 0 Å². The van der Waals surface area contributed by atoms with E-state index < -0.39 is 0 Å². The standard InChI is InChI=1S/C18H21/c1-5-9-15-13-14-16(10-6-2)18(12-8-4)17(15)11-7-3/h5-8,13H,1-4,9-12H2. The van der Waals surface area contributed by atoms with Gasteiger partial charge in [-0.3, -0.25) is 0 Å². The van der Waals surface area contributed by atoms with Crippen LogP contribution in [0.2, 0.25) is 0 Å². The molecule has 0 aromatic heterocycles. The van der Waals surface area contributed by atoms with Gasteiger partial charge in [-0.1, -0.05) is 30.4 Å². The molecular formula is C18H21. The molecule has 0 fully saturated rings. The molecule has 0 saturated heterocycles. The van der Waals surface area contributed by atoms with Crippen molar-refractivity contribution in [1.29, 1.82) is 0 Å². The molecule has 0 N–H and O–H groups in total. The molecule has 0 atom stereocenters. The van der Waals surface area contributed by atoms with Crippen LogP contribution in [0.3, 0.4) is 0 Å². The molecule has 0 aliphatic rings. The minimum absolute atomic E-state index is 0.849. The predicted octanol–water partition coefficient (Wildman–Crippen LogP) is 4.40. The highest BCUT2D eigenvalue weighted by Gasteiger charge is 2.10. The normalized spacial score (nSPS) is 9.78. The van der Waals surface area contributed by atoms with Crippen molar-refractivity contribution in [3.8, 4) is 0 Å². The smallest absolute Gasteiger partial charge is 0.00910 e. The average molecular weight is 237 g/mol. The van der Waals surface area contributed by atoms with Gasteiger partial charge in [-0.25, -0.2) is 0 Å². The Hall–Kier alpha value is -1.82. The molecule has 0 nitrogen and oxygen atoms in total. The Balaban J connectivity index is 3.35. The molecule has 1 radical (unpaired) electrons. The van der Waals surface area contributed by atoms with Gasteiger partial charge in [-0.05, 0) is 54.0 Å². The van der Waals surface area contributed by atoms with Crippen LogP contribution >= 0.6 is 0 Å². The number of allylic oxidation sites excluding steroid dienone is 4. The molecule has 0 heteroatoms. The summed E-state index contributed by atoms with van der Waals surface area (Å²) in [7, 11) is 0. The highest BCUT2D eigenvalue weighted by molar-refractivity contribution is 5.44. The van der Waals surface area contributed by atoms with E-state index in [1.54, 1.807) is 0 Å². The summed E-state index contributed by atoms with van der Waals surface area (Å²) >= 11 is 0. The summed E-state index contributed by atoms with van der Waals surface area (Å²) in [6.45, 7) is 15.3. The maximum atomic E-state index is 3.85. The topological polar surface area (TPSA) is 0 Å². The van der Waals surface area contributed by atoms with Gasteiger partial charge >= 0.3 is 0 Å². The molecular weight excluding hydrogens is 216 g/mol. The van der Waals surface area contributed by atoms with Gasteiger partial charge < -0.3 is 0 Å². The lowest BCUT2D eigenvalue weighted by atomic mass is 9.89. The maximum Gasteiger partial charge on any atom is -0.00910 e. The molecule has 0 heterocycles. The van der Waals surface area contributed by atoms with Crippen molar-refractivity contribution in [1.82, 2.24) is 0 Å². The van der Waals surface area contributed by atoms with E-state index in [1.807, 2.05) is 24.3 Å². The van der Waals surface area contributed by atoms with Crippen LogP contribution in [0.25, 0.3) is 0 Å². The molecule has 0 unspecified atom stereocenters. The molecule has 0 aliphatic heterocycles. The first-order valence-corrected chi connectivity index (χ1v) is 6.26. The lowest BCUT2D eigenvalue weighted by Crippen LogP contribution is -2.03. The third-order valence-electron chi connectivity index (χ3n) is 2.95. The van der Waals surface area contributed by atoms with Gasteiger partial charge in [0.25, 0.3) is 0 Å². The van der Waals surface area contributed by atoms with Crippen molar-refractivity contribution in [3.05, 3.63) is 85.0 Å². The Morgan fingerprint density at radius 1 is 0.778 bits per heavy atom. The van der Waals surface area contributed by atoms with E-state index in [0.717, 1.165) is 25.7 Å². The van der Waals surface area contributed by atoms with Crippen LogP contribution in [0.15, 0.2) is 56.7 Å². The summed E-state index contributed by atoms with van der Waals surface area (Å²) in [6.07, 6.45) is 11.2. The van der Waals surface area contributed by atoms with Gasteiger partial charge in [-0.2, -0.15) is 0 Å². The van der Waals surface area contributed by atoms with Crippen LogP contribution in [0.1, 0.15) is 22.3 Å². The second kappa shape index (κ2) is 7.50. The summed E-state index contributed by atoms with van der Waals surface area (Å²) in [5, 5.41) is 0. The molecule has 93 valence electrons. The maximum absolute atomic E-state index is 3.85. The third-order valence-corrected chi connectivity index (χ3v) is 2.95. The SMILES string of the molecule is C=CCc1[c]cc(CC=C)c(CC=C)c1CC=C. The summed E-state index contributed by atoms with van der Waals surface area (Å²) < 4.78 is 0. The molecule has 0 spiro atoms. The number of rotatable bonds is 8. The molecule has 18 heavy (non-hydrogen) atoms. The minimum Gasteiger partial charge on any atom is -0.103 e.